The topological polar surface area (TPSA) is 113 Å². The SMILES string of the molecule is COc1ccc(S(=O)(=O)Nc2cc(C)c([O-])c(S(=O)(=O)c3ccccc3)c2)cc1. The van der Waals surface area contributed by atoms with Gasteiger partial charge in [-0.2, -0.15) is 0 Å². The van der Waals surface area contributed by atoms with Crippen LogP contribution in [0.25, 0.3) is 0 Å². The monoisotopic (exact) mass is 432 g/mol. The van der Waals surface area contributed by atoms with Gasteiger partial charge in [0.2, 0.25) is 9.84 Å². The van der Waals surface area contributed by atoms with Crippen LogP contribution in [0.1, 0.15) is 5.56 Å². The minimum Gasteiger partial charge on any atom is -0.871 e. The van der Waals surface area contributed by atoms with Gasteiger partial charge in [0, 0.05) is 0 Å². The van der Waals surface area contributed by atoms with E-state index in [0.29, 0.717) is 5.75 Å². The summed E-state index contributed by atoms with van der Waals surface area (Å²) in [5.74, 6) is -0.187. The molecule has 0 atom stereocenters. The van der Waals surface area contributed by atoms with Crippen molar-refractivity contribution in [3.05, 3.63) is 72.3 Å². The van der Waals surface area contributed by atoms with Crippen molar-refractivity contribution in [2.24, 2.45) is 0 Å². The van der Waals surface area contributed by atoms with E-state index in [2.05, 4.69) is 4.72 Å². The largest absolute Gasteiger partial charge is 0.871 e. The van der Waals surface area contributed by atoms with E-state index in [-0.39, 0.29) is 21.0 Å². The summed E-state index contributed by atoms with van der Waals surface area (Å²) in [4.78, 5) is -0.572. The molecule has 3 rings (SSSR count). The summed E-state index contributed by atoms with van der Waals surface area (Å²) in [7, 11) is -6.64. The summed E-state index contributed by atoms with van der Waals surface area (Å²) < 4.78 is 58.4. The van der Waals surface area contributed by atoms with Crippen molar-refractivity contribution in [1.29, 1.82) is 0 Å². The third kappa shape index (κ3) is 4.20. The van der Waals surface area contributed by atoms with Crippen molar-refractivity contribution in [2.75, 3.05) is 11.8 Å². The molecule has 0 radical (unpaired) electrons. The standard InChI is InChI=1S/C20H19NO6S2/c1-14-12-15(21-29(25,26)18-10-8-16(27-2)9-11-18)13-19(20(14)22)28(23,24)17-6-4-3-5-7-17/h3-13,21-22H,1-2H3/p-1. The Hall–Kier alpha value is -3.04. The average molecular weight is 432 g/mol. The van der Waals surface area contributed by atoms with Crippen LogP contribution >= 0.6 is 0 Å². The van der Waals surface area contributed by atoms with Gasteiger partial charge in [0.05, 0.1) is 27.5 Å². The molecule has 0 spiro atoms. The highest BCUT2D eigenvalue weighted by Gasteiger charge is 2.21. The van der Waals surface area contributed by atoms with Crippen LogP contribution in [0.3, 0.4) is 0 Å². The molecule has 29 heavy (non-hydrogen) atoms. The van der Waals surface area contributed by atoms with Gasteiger partial charge in [-0.1, -0.05) is 29.5 Å². The number of nitrogens with one attached hydrogen (secondary N) is 1. The molecule has 152 valence electrons. The molecule has 3 aromatic rings. The molecule has 0 fully saturated rings. The second-order valence-electron chi connectivity index (χ2n) is 6.22. The van der Waals surface area contributed by atoms with Crippen molar-refractivity contribution < 1.29 is 26.7 Å². The van der Waals surface area contributed by atoms with Crippen LogP contribution in [-0.2, 0) is 19.9 Å². The lowest BCUT2D eigenvalue weighted by atomic mass is 10.2. The van der Waals surface area contributed by atoms with Crippen molar-refractivity contribution in [2.45, 2.75) is 21.6 Å². The summed E-state index contributed by atoms with van der Waals surface area (Å²) in [6.07, 6.45) is 0. The fourth-order valence-electron chi connectivity index (χ4n) is 2.70. The van der Waals surface area contributed by atoms with Crippen LogP contribution in [0.2, 0.25) is 0 Å². The highest BCUT2D eigenvalue weighted by Crippen LogP contribution is 2.33. The Balaban J connectivity index is 2.03. The van der Waals surface area contributed by atoms with Crippen molar-refractivity contribution >= 4 is 25.5 Å². The highest BCUT2D eigenvalue weighted by molar-refractivity contribution is 7.92. The predicted octanol–water partition coefficient (Wildman–Crippen LogP) is 2.71. The van der Waals surface area contributed by atoms with E-state index in [1.165, 1.54) is 56.5 Å². The Morgan fingerprint density at radius 3 is 2.07 bits per heavy atom. The lowest BCUT2D eigenvalue weighted by Gasteiger charge is -2.19. The fraction of sp³-hybridized carbons (Fsp3) is 0.100. The fourth-order valence-corrected chi connectivity index (χ4v) is 5.19. The van der Waals surface area contributed by atoms with Gasteiger partial charge in [0.25, 0.3) is 10.0 Å². The number of hydrogen-bond donors (Lipinski definition) is 1. The Bertz CT molecular complexity index is 1240. The summed E-state index contributed by atoms with van der Waals surface area (Å²) in [5.41, 5.74) is 0.0851. The number of ether oxygens (including phenoxy) is 1. The van der Waals surface area contributed by atoms with Crippen LogP contribution < -0.4 is 14.6 Å². The minimum atomic E-state index is -4.11. The number of methoxy groups -OCH3 is 1. The molecule has 9 heteroatoms. The lowest BCUT2D eigenvalue weighted by Crippen LogP contribution is -2.15. The Kier molecular flexibility index (Phi) is 5.54. The molecule has 0 bridgehead atoms. The summed E-state index contributed by atoms with van der Waals surface area (Å²) >= 11 is 0. The van der Waals surface area contributed by atoms with E-state index in [0.717, 1.165) is 6.07 Å². The van der Waals surface area contributed by atoms with E-state index >= 15 is 0 Å². The molecule has 0 aliphatic carbocycles. The Labute approximate surface area is 169 Å². The number of benzene rings is 3. The van der Waals surface area contributed by atoms with Gasteiger partial charge in [-0.3, -0.25) is 4.72 Å². The van der Waals surface area contributed by atoms with Crippen LogP contribution in [0.15, 0.2) is 81.4 Å². The first-order chi connectivity index (χ1) is 13.6. The van der Waals surface area contributed by atoms with Gasteiger partial charge in [-0.25, -0.2) is 16.8 Å². The normalized spacial score (nSPS) is 11.8. The van der Waals surface area contributed by atoms with Gasteiger partial charge in [0.15, 0.2) is 0 Å². The quantitative estimate of drug-likeness (QED) is 0.641. The number of sulfone groups is 1. The number of sulfonamides is 1. The molecular weight excluding hydrogens is 414 g/mol. The predicted molar refractivity (Wildman–Crippen MR) is 106 cm³/mol. The van der Waals surface area contributed by atoms with Gasteiger partial charge in [-0.15, -0.1) is 0 Å². The van der Waals surface area contributed by atoms with E-state index in [4.69, 9.17) is 4.74 Å². The van der Waals surface area contributed by atoms with Crippen molar-refractivity contribution in [1.82, 2.24) is 0 Å². The van der Waals surface area contributed by atoms with Crippen molar-refractivity contribution in [3.63, 3.8) is 0 Å². The minimum absolute atomic E-state index is 0.0209. The first-order valence-electron chi connectivity index (χ1n) is 8.44. The second kappa shape index (κ2) is 7.76. The zero-order chi connectivity index (χ0) is 21.2. The number of hydrogen-bond acceptors (Lipinski definition) is 6. The molecule has 0 saturated heterocycles. The van der Waals surface area contributed by atoms with Gasteiger partial charge >= 0.3 is 0 Å². The molecule has 0 unspecified atom stereocenters. The molecule has 1 N–H and O–H groups in total. The smallest absolute Gasteiger partial charge is 0.261 e. The first kappa shape index (κ1) is 20.7. The third-order valence-corrected chi connectivity index (χ3v) is 7.38. The van der Waals surface area contributed by atoms with Crippen LogP contribution in [0.4, 0.5) is 5.69 Å². The maximum absolute atomic E-state index is 12.9. The third-order valence-electron chi connectivity index (χ3n) is 4.21. The maximum atomic E-state index is 12.9. The first-order valence-corrected chi connectivity index (χ1v) is 11.4. The number of rotatable bonds is 6. The number of aryl methyl sites for hydroxylation is 1. The second-order valence-corrected chi connectivity index (χ2v) is 9.82. The van der Waals surface area contributed by atoms with E-state index in [1.807, 2.05) is 0 Å². The molecule has 0 amide bonds. The van der Waals surface area contributed by atoms with Crippen molar-refractivity contribution in [3.8, 4) is 11.5 Å². The lowest BCUT2D eigenvalue weighted by molar-refractivity contribution is -0.273. The Morgan fingerprint density at radius 2 is 1.48 bits per heavy atom. The Morgan fingerprint density at radius 1 is 0.862 bits per heavy atom. The molecule has 3 aromatic carbocycles. The maximum Gasteiger partial charge on any atom is 0.261 e. The van der Waals surface area contributed by atoms with E-state index in [1.54, 1.807) is 18.2 Å². The molecular formula is C20H18NO6S2-. The highest BCUT2D eigenvalue weighted by atomic mass is 32.2. The average Bonchev–Trinajstić information content (AvgIpc) is 2.71. The summed E-state index contributed by atoms with van der Waals surface area (Å²) in [6.45, 7) is 1.43. The zero-order valence-corrected chi connectivity index (χ0v) is 17.2. The molecule has 7 nitrogen and oxygen atoms in total. The van der Waals surface area contributed by atoms with Gasteiger partial charge in [-0.05, 0) is 55.5 Å². The summed E-state index contributed by atoms with van der Waals surface area (Å²) in [6, 6.07) is 15.5. The molecule has 0 saturated carbocycles. The summed E-state index contributed by atoms with van der Waals surface area (Å²) in [5, 5.41) is 12.5. The molecule has 0 aliphatic heterocycles. The van der Waals surface area contributed by atoms with Crippen LogP contribution in [-0.4, -0.2) is 23.9 Å². The molecule has 0 aromatic heterocycles. The molecule has 0 heterocycles. The van der Waals surface area contributed by atoms with Gasteiger partial charge in [0.1, 0.15) is 5.75 Å². The van der Waals surface area contributed by atoms with Crippen LogP contribution in [0.5, 0.6) is 11.5 Å². The number of anilines is 1. The van der Waals surface area contributed by atoms with Crippen LogP contribution in [0, 0.1) is 6.92 Å². The van der Waals surface area contributed by atoms with E-state index in [9.17, 15) is 21.9 Å². The van der Waals surface area contributed by atoms with Gasteiger partial charge < -0.3 is 9.84 Å². The van der Waals surface area contributed by atoms with E-state index < -0.39 is 30.5 Å². The zero-order valence-electron chi connectivity index (χ0n) is 15.6. The molecule has 0 aliphatic rings.